The lowest BCUT2D eigenvalue weighted by Gasteiger charge is -2.07. The zero-order chi connectivity index (χ0) is 11.8. The van der Waals surface area contributed by atoms with Crippen molar-refractivity contribution < 1.29 is 0 Å². The molecule has 1 aromatic heterocycles. The Bertz CT molecular complexity index is 287. The average molecular weight is 239 g/mol. The van der Waals surface area contributed by atoms with E-state index >= 15 is 0 Å². The zero-order valence-corrected chi connectivity index (χ0v) is 11.0. The molecule has 0 amide bonds. The van der Waals surface area contributed by atoms with Gasteiger partial charge in [-0.2, -0.15) is 0 Å². The van der Waals surface area contributed by atoms with E-state index in [9.17, 15) is 0 Å². The van der Waals surface area contributed by atoms with Crippen LogP contribution in [0.2, 0.25) is 0 Å². The first-order valence-electron chi connectivity index (χ1n) is 5.95. The van der Waals surface area contributed by atoms with Crippen molar-refractivity contribution in [3.63, 3.8) is 0 Å². The van der Waals surface area contributed by atoms with Crippen LogP contribution in [0.5, 0.6) is 0 Å². The molecule has 0 aliphatic carbocycles. The third kappa shape index (κ3) is 4.94. The molecule has 2 N–H and O–H groups in total. The molecular formula is C12H21N3S. The van der Waals surface area contributed by atoms with Crippen LogP contribution in [0.1, 0.15) is 38.7 Å². The molecule has 1 aromatic rings. The average Bonchev–Trinajstić information content (AvgIpc) is 2.31. The Balaban J connectivity index is 2.41. The number of hydrogen-bond donors (Lipinski definition) is 1. The number of aromatic nitrogens is 2. The third-order valence-corrected chi connectivity index (χ3v) is 3.39. The highest BCUT2D eigenvalue weighted by Crippen LogP contribution is 2.14. The summed E-state index contributed by atoms with van der Waals surface area (Å²) in [6.45, 7) is 4.29. The molecule has 0 aliphatic rings. The van der Waals surface area contributed by atoms with E-state index < -0.39 is 0 Å². The second kappa shape index (κ2) is 7.63. The van der Waals surface area contributed by atoms with Crippen LogP contribution in [0.25, 0.3) is 0 Å². The van der Waals surface area contributed by atoms with Crippen LogP contribution in [0.15, 0.2) is 17.6 Å². The van der Waals surface area contributed by atoms with E-state index in [-0.39, 0.29) is 6.04 Å². The molecule has 1 rings (SSSR count). The topological polar surface area (TPSA) is 51.8 Å². The van der Waals surface area contributed by atoms with E-state index in [0.717, 1.165) is 29.3 Å². The Morgan fingerprint density at radius 2 is 2.00 bits per heavy atom. The second-order valence-corrected chi connectivity index (χ2v) is 5.01. The lowest BCUT2D eigenvalue weighted by Crippen LogP contribution is -2.21. The summed E-state index contributed by atoms with van der Waals surface area (Å²) in [6.07, 6.45) is 8.10. The van der Waals surface area contributed by atoms with Gasteiger partial charge in [-0.25, -0.2) is 9.97 Å². The van der Waals surface area contributed by atoms with Crippen molar-refractivity contribution in [1.29, 1.82) is 0 Å². The summed E-state index contributed by atoms with van der Waals surface area (Å²) in [5.74, 6) is 1.10. The van der Waals surface area contributed by atoms with Crippen LogP contribution in [-0.4, -0.2) is 21.8 Å². The van der Waals surface area contributed by atoms with Gasteiger partial charge in [-0.1, -0.05) is 32.0 Å². The van der Waals surface area contributed by atoms with Gasteiger partial charge >= 0.3 is 0 Å². The van der Waals surface area contributed by atoms with E-state index in [0.29, 0.717) is 0 Å². The van der Waals surface area contributed by atoms with Crippen molar-refractivity contribution in [2.75, 3.05) is 5.75 Å². The standard InChI is InChI=1S/C12H21N3S/c1-3-5-6-16-12-14-8-10(9-15-12)7-11(13)4-2/h8-9,11H,3-7,13H2,1-2H3. The maximum absolute atomic E-state index is 5.88. The lowest BCUT2D eigenvalue weighted by molar-refractivity contribution is 0.641. The summed E-state index contributed by atoms with van der Waals surface area (Å²) in [4.78, 5) is 8.67. The minimum atomic E-state index is 0.224. The molecule has 0 fully saturated rings. The Hall–Kier alpha value is -0.610. The van der Waals surface area contributed by atoms with Crippen molar-refractivity contribution >= 4 is 11.8 Å². The second-order valence-electron chi connectivity index (χ2n) is 3.95. The molecule has 3 nitrogen and oxygen atoms in total. The lowest BCUT2D eigenvalue weighted by atomic mass is 10.1. The Kier molecular flexibility index (Phi) is 6.42. The summed E-state index contributed by atoms with van der Waals surface area (Å²) < 4.78 is 0. The maximum Gasteiger partial charge on any atom is 0.187 e. The number of hydrogen-bond acceptors (Lipinski definition) is 4. The highest BCUT2D eigenvalue weighted by molar-refractivity contribution is 7.99. The van der Waals surface area contributed by atoms with Gasteiger partial charge < -0.3 is 5.73 Å². The van der Waals surface area contributed by atoms with Crippen LogP contribution in [0, 0.1) is 0 Å². The highest BCUT2D eigenvalue weighted by Gasteiger charge is 2.03. The molecule has 1 heterocycles. The number of nitrogens with zero attached hydrogens (tertiary/aromatic N) is 2. The quantitative estimate of drug-likeness (QED) is 0.451. The van der Waals surface area contributed by atoms with Crippen LogP contribution in [-0.2, 0) is 6.42 Å². The molecule has 1 atom stereocenters. The largest absolute Gasteiger partial charge is 0.327 e. The molecule has 0 spiro atoms. The van der Waals surface area contributed by atoms with Crippen molar-refractivity contribution in [2.24, 2.45) is 5.73 Å². The summed E-state index contributed by atoms with van der Waals surface area (Å²) in [7, 11) is 0. The highest BCUT2D eigenvalue weighted by atomic mass is 32.2. The molecule has 4 heteroatoms. The minimum Gasteiger partial charge on any atom is -0.327 e. The van der Waals surface area contributed by atoms with Crippen LogP contribution < -0.4 is 5.73 Å². The Labute approximate surface area is 102 Å². The molecule has 1 unspecified atom stereocenters. The van der Waals surface area contributed by atoms with Crippen LogP contribution >= 0.6 is 11.8 Å². The minimum absolute atomic E-state index is 0.224. The van der Waals surface area contributed by atoms with Gasteiger partial charge in [0.05, 0.1) is 0 Å². The number of unbranched alkanes of at least 4 members (excludes halogenated alkanes) is 1. The molecule has 0 aromatic carbocycles. The van der Waals surface area contributed by atoms with Gasteiger partial charge in [0.15, 0.2) is 5.16 Å². The van der Waals surface area contributed by atoms with Gasteiger partial charge in [0.2, 0.25) is 0 Å². The first-order valence-corrected chi connectivity index (χ1v) is 6.94. The molecule has 0 saturated carbocycles. The number of rotatable bonds is 7. The van der Waals surface area contributed by atoms with Gasteiger partial charge in [-0.15, -0.1) is 0 Å². The van der Waals surface area contributed by atoms with Crippen molar-refractivity contribution in [2.45, 2.75) is 50.7 Å². The Morgan fingerprint density at radius 3 is 2.56 bits per heavy atom. The first kappa shape index (κ1) is 13.5. The normalized spacial score (nSPS) is 12.7. The van der Waals surface area contributed by atoms with Crippen molar-refractivity contribution in [1.82, 2.24) is 9.97 Å². The van der Waals surface area contributed by atoms with Gasteiger partial charge in [0.25, 0.3) is 0 Å². The Morgan fingerprint density at radius 1 is 1.31 bits per heavy atom. The fraction of sp³-hybridized carbons (Fsp3) is 0.667. The fourth-order valence-corrected chi connectivity index (χ4v) is 2.15. The summed E-state index contributed by atoms with van der Waals surface area (Å²) >= 11 is 1.72. The first-order chi connectivity index (χ1) is 7.76. The predicted molar refractivity (Wildman–Crippen MR) is 69.6 cm³/mol. The van der Waals surface area contributed by atoms with Gasteiger partial charge in [0.1, 0.15) is 0 Å². The molecule has 0 radical (unpaired) electrons. The van der Waals surface area contributed by atoms with E-state index in [1.165, 1.54) is 12.8 Å². The van der Waals surface area contributed by atoms with Crippen molar-refractivity contribution in [3.8, 4) is 0 Å². The molecule has 90 valence electrons. The van der Waals surface area contributed by atoms with E-state index in [4.69, 9.17) is 5.73 Å². The van der Waals surface area contributed by atoms with E-state index in [2.05, 4.69) is 23.8 Å². The van der Waals surface area contributed by atoms with E-state index in [1.807, 2.05) is 12.4 Å². The third-order valence-electron chi connectivity index (χ3n) is 2.43. The monoisotopic (exact) mass is 239 g/mol. The molecule has 0 saturated heterocycles. The van der Waals surface area contributed by atoms with Gasteiger partial charge in [0, 0.05) is 24.2 Å². The molecule has 0 bridgehead atoms. The van der Waals surface area contributed by atoms with Crippen molar-refractivity contribution in [3.05, 3.63) is 18.0 Å². The summed E-state index contributed by atoms with van der Waals surface area (Å²) in [6, 6.07) is 0.224. The predicted octanol–water partition coefficient (Wildman–Crippen LogP) is 2.65. The molecular weight excluding hydrogens is 218 g/mol. The van der Waals surface area contributed by atoms with E-state index in [1.54, 1.807) is 11.8 Å². The summed E-state index contributed by atoms with van der Waals surface area (Å²) in [5, 5.41) is 0.877. The SMILES string of the molecule is CCCCSc1ncc(CC(N)CC)cn1. The zero-order valence-electron chi connectivity index (χ0n) is 10.1. The van der Waals surface area contributed by atoms with Gasteiger partial charge in [-0.05, 0) is 24.8 Å². The number of nitrogens with two attached hydrogens (primary N) is 1. The van der Waals surface area contributed by atoms with Crippen LogP contribution in [0.3, 0.4) is 0 Å². The number of thioether (sulfide) groups is 1. The molecule has 0 aliphatic heterocycles. The molecule has 16 heavy (non-hydrogen) atoms. The van der Waals surface area contributed by atoms with Gasteiger partial charge in [-0.3, -0.25) is 0 Å². The smallest absolute Gasteiger partial charge is 0.187 e. The van der Waals surface area contributed by atoms with Crippen LogP contribution in [0.4, 0.5) is 0 Å². The maximum atomic E-state index is 5.88. The fourth-order valence-electron chi connectivity index (χ4n) is 1.28. The summed E-state index contributed by atoms with van der Waals surface area (Å²) in [5.41, 5.74) is 7.01.